The van der Waals surface area contributed by atoms with Gasteiger partial charge in [0.15, 0.2) is 17.5 Å². The van der Waals surface area contributed by atoms with E-state index < -0.39 is 0 Å². The zero-order valence-electron chi connectivity index (χ0n) is 52.1. The van der Waals surface area contributed by atoms with Gasteiger partial charge in [-0.05, 0) is 107 Å². The first kappa shape index (κ1) is 54.2. The molecule has 98 heavy (non-hydrogen) atoms. The molecule has 10 heteroatoms. The highest BCUT2D eigenvalue weighted by atomic mass is 32.1. The number of benzene rings is 14. The van der Waals surface area contributed by atoms with Crippen molar-refractivity contribution in [1.82, 2.24) is 28.7 Å². The Morgan fingerprint density at radius 1 is 0.296 bits per heavy atom. The van der Waals surface area contributed by atoms with Gasteiger partial charge in [0.2, 0.25) is 5.69 Å². The van der Waals surface area contributed by atoms with E-state index in [0.717, 1.165) is 154 Å². The van der Waals surface area contributed by atoms with Gasteiger partial charge in [-0.3, -0.25) is 0 Å². The molecule has 0 amide bonds. The molecule has 0 aliphatic rings. The molecule has 0 saturated carbocycles. The van der Waals surface area contributed by atoms with E-state index in [1.165, 1.54) is 20.2 Å². The largest absolute Gasteiger partial charge is 0.455 e. The van der Waals surface area contributed by atoms with Crippen molar-refractivity contribution in [1.29, 1.82) is 0 Å². The average Bonchev–Trinajstić information content (AvgIpc) is 1.51. The molecule has 0 N–H and O–H groups in total. The lowest BCUT2D eigenvalue weighted by atomic mass is 10.0. The number of thiophene rings is 1. The fourth-order valence-electron chi connectivity index (χ4n) is 15.6. The number of rotatable bonds is 8. The summed E-state index contributed by atoms with van der Waals surface area (Å²) in [6.45, 7) is 9.95. The molecule has 0 spiro atoms. The minimum absolute atomic E-state index is 0.373. The van der Waals surface area contributed by atoms with Crippen molar-refractivity contribution in [2.75, 3.05) is 0 Å². The molecule has 0 unspecified atom stereocenters. The minimum Gasteiger partial charge on any atom is -0.455 e. The van der Waals surface area contributed by atoms with Crippen LogP contribution in [0.2, 0.25) is 0 Å². The van der Waals surface area contributed by atoms with Gasteiger partial charge in [0.05, 0.1) is 67.5 Å². The lowest BCUT2D eigenvalue weighted by Gasteiger charge is -2.26. The van der Waals surface area contributed by atoms with E-state index in [1.807, 2.05) is 96.3 Å². The summed E-state index contributed by atoms with van der Waals surface area (Å²) in [5.41, 5.74) is 17.6. The molecule has 7 aromatic heterocycles. The maximum absolute atomic E-state index is 9.95. The van der Waals surface area contributed by atoms with Crippen LogP contribution in [-0.2, 0) is 0 Å². The lowest BCUT2D eigenvalue weighted by Crippen LogP contribution is -2.12. The molecule has 0 atom stereocenters. The van der Waals surface area contributed by atoms with Crippen LogP contribution in [-0.4, -0.2) is 28.7 Å². The Morgan fingerprint density at radius 3 is 1.27 bits per heavy atom. The summed E-state index contributed by atoms with van der Waals surface area (Å²) in [6.07, 6.45) is 0. The third kappa shape index (κ3) is 7.84. The van der Waals surface area contributed by atoms with Gasteiger partial charge in [-0.15, -0.1) is 11.3 Å². The van der Waals surface area contributed by atoms with Crippen LogP contribution in [0, 0.1) is 6.57 Å². The first-order valence-electron chi connectivity index (χ1n) is 32.8. The second-order valence-corrected chi connectivity index (χ2v) is 26.2. The van der Waals surface area contributed by atoms with Crippen LogP contribution in [0.25, 0.3) is 208 Å². The van der Waals surface area contributed by atoms with Gasteiger partial charge in [-0.25, -0.2) is 19.8 Å². The van der Waals surface area contributed by atoms with Crippen LogP contribution in [0.3, 0.4) is 0 Å². The maximum Gasteiger partial charge on any atom is 0.213 e. The molecule has 0 aliphatic carbocycles. The predicted molar refractivity (Wildman–Crippen MR) is 404 cm³/mol. The van der Waals surface area contributed by atoms with Crippen molar-refractivity contribution in [2.45, 2.75) is 0 Å². The third-order valence-corrected chi connectivity index (χ3v) is 21.1. The normalized spacial score (nSPS) is 12.1. The van der Waals surface area contributed by atoms with Gasteiger partial charge in [0.25, 0.3) is 0 Å². The summed E-state index contributed by atoms with van der Waals surface area (Å²) in [7, 11) is 0. The molecule has 0 saturated heterocycles. The summed E-state index contributed by atoms with van der Waals surface area (Å²) < 4.78 is 23.9. The Morgan fingerprint density at radius 2 is 0.714 bits per heavy atom. The van der Waals surface area contributed by atoms with Gasteiger partial charge in [0.1, 0.15) is 22.3 Å². The second kappa shape index (κ2) is 20.9. The first-order valence-corrected chi connectivity index (χ1v) is 33.6. The van der Waals surface area contributed by atoms with Crippen molar-refractivity contribution in [3.63, 3.8) is 0 Å². The summed E-state index contributed by atoms with van der Waals surface area (Å²) in [6, 6.07) is 105. The fourth-order valence-corrected chi connectivity index (χ4v) is 16.9. The zero-order chi connectivity index (χ0) is 64.3. The van der Waals surface area contributed by atoms with E-state index in [4.69, 9.17) is 28.6 Å². The zero-order valence-corrected chi connectivity index (χ0v) is 53.0. The Kier molecular flexibility index (Phi) is 11.6. The number of hydrogen-bond acceptors (Lipinski definition) is 6. The van der Waals surface area contributed by atoms with E-state index >= 15 is 0 Å². The third-order valence-electron chi connectivity index (χ3n) is 19.9. The highest BCUT2D eigenvalue weighted by Gasteiger charge is 2.34. The number of fused-ring (bicyclic) bond motifs is 21. The molecule has 0 bridgehead atoms. The van der Waals surface area contributed by atoms with E-state index in [-0.39, 0.29) is 0 Å². The molecule has 21 aromatic rings. The van der Waals surface area contributed by atoms with Crippen molar-refractivity contribution >= 4 is 146 Å². The van der Waals surface area contributed by atoms with Crippen molar-refractivity contribution in [3.05, 3.63) is 309 Å². The number of nitrogens with zero attached hydrogens (tertiary/aromatic N) is 7. The van der Waals surface area contributed by atoms with Crippen LogP contribution < -0.4 is 0 Å². The van der Waals surface area contributed by atoms with E-state index in [2.05, 4.69) is 226 Å². The van der Waals surface area contributed by atoms with E-state index in [9.17, 15) is 6.57 Å². The average molecular weight is 1270 g/mol. The van der Waals surface area contributed by atoms with Crippen LogP contribution in [0.15, 0.2) is 306 Å². The molecule has 14 aromatic carbocycles. The van der Waals surface area contributed by atoms with Crippen molar-refractivity contribution in [3.8, 4) is 73.5 Å². The van der Waals surface area contributed by atoms with Crippen molar-refractivity contribution < 1.29 is 8.83 Å². The lowest BCUT2D eigenvalue weighted by molar-refractivity contribution is 0.672. The number of hydrogen-bond donors (Lipinski definition) is 0. The fraction of sp³-hybridized carbons (Fsp3) is 0. The molecule has 454 valence electrons. The maximum atomic E-state index is 9.95. The monoisotopic (exact) mass is 1270 g/mol. The van der Waals surface area contributed by atoms with Gasteiger partial charge in [0, 0.05) is 80.0 Å². The topological polar surface area (TPSA) is 84.1 Å². The molecule has 9 nitrogen and oxygen atoms in total. The Bertz CT molecular complexity index is 6930. The summed E-state index contributed by atoms with van der Waals surface area (Å²) in [5.74, 6) is 1.37. The summed E-state index contributed by atoms with van der Waals surface area (Å²) >= 11 is 1.82. The SMILES string of the molecule is [C-]#[N+]c1cc(-c2nc(-c3ccccc3)nc(-c3ccccc3)n2)c(-n2c3ccc(-c4ccccc4)cc3c3c4oc5ccccc5c4ccc32)c(-n2c3ccccc3c3c4sc5ccccc5c4ccc32)c1-n1c2ccc(-c3ccccc3)cc2c2c3oc4ccccc4c3ccc21. The first-order chi connectivity index (χ1) is 48.6. The predicted octanol–water partition coefficient (Wildman–Crippen LogP) is 24.2. The van der Waals surface area contributed by atoms with Crippen LogP contribution >= 0.6 is 11.3 Å². The van der Waals surface area contributed by atoms with E-state index in [1.54, 1.807) is 0 Å². The van der Waals surface area contributed by atoms with Crippen LogP contribution in [0.5, 0.6) is 0 Å². The number of furan rings is 2. The molecule has 0 radical (unpaired) electrons. The summed E-state index contributed by atoms with van der Waals surface area (Å²) in [4.78, 5) is 21.4. The molecular formula is C88H49N7O2S. The van der Waals surface area contributed by atoms with Gasteiger partial charge in [-0.1, -0.05) is 212 Å². The highest BCUT2D eigenvalue weighted by Crippen LogP contribution is 2.54. The molecular weight excluding hydrogens is 1220 g/mol. The quantitative estimate of drug-likeness (QED) is 0.142. The molecule has 21 rings (SSSR count). The minimum atomic E-state index is 0.373. The highest BCUT2D eigenvalue weighted by molar-refractivity contribution is 7.26. The van der Waals surface area contributed by atoms with Crippen LogP contribution in [0.1, 0.15) is 0 Å². The Hall–Kier alpha value is -13.2. The Balaban J connectivity index is 1.02. The summed E-state index contributed by atoms with van der Waals surface area (Å²) in [5, 5.41) is 12.5. The van der Waals surface area contributed by atoms with E-state index in [0.29, 0.717) is 34.4 Å². The van der Waals surface area contributed by atoms with Crippen molar-refractivity contribution in [2.24, 2.45) is 0 Å². The molecule has 7 heterocycles. The number of para-hydroxylation sites is 3. The molecule has 0 aliphatic heterocycles. The second-order valence-electron chi connectivity index (χ2n) is 25.2. The van der Waals surface area contributed by atoms with Gasteiger partial charge in [-0.2, -0.15) is 0 Å². The van der Waals surface area contributed by atoms with Gasteiger partial charge < -0.3 is 22.5 Å². The smallest absolute Gasteiger partial charge is 0.213 e. The molecule has 0 fully saturated rings. The standard InChI is InChI=1S/C88H49N7O2S/c1-89-67-50-66(88-91-86(53-26-10-4-11-27-53)90-87(92-88)54-28-12-5-13-29-54)80(93-69-43-38-55(51-22-6-2-7-23-51)48-64(69)77-71(93)45-40-60-57-30-15-19-35-74(57)96-83(60)77)82(95-68-34-18-14-33-63(68)79-73(95)47-42-62-59-32-17-21-37-76(59)98-85(62)79)81(67)94-70-44-39-56(52-24-8-3-9-25-52)49-65(70)78-72(94)46-41-61-58-31-16-20-36-75(58)97-84(61)78/h2-50H. The van der Waals surface area contributed by atoms with Crippen LogP contribution in [0.4, 0.5) is 5.69 Å². The Labute approximate surface area is 562 Å². The van der Waals surface area contributed by atoms with Gasteiger partial charge >= 0.3 is 0 Å². The number of aromatic nitrogens is 6.